The lowest BCUT2D eigenvalue weighted by Gasteiger charge is -2.34. The smallest absolute Gasteiger partial charge is 0.248 e. The van der Waals surface area contributed by atoms with Gasteiger partial charge in [0.05, 0.1) is 37.4 Å². The molecule has 1 aromatic rings. The number of nitrogens with zero attached hydrogens (tertiary/aromatic N) is 2. The summed E-state index contributed by atoms with van der Waals surface area (Å²) in [4.78, 5) is 112. The number of hydrogen-bond donors (Lipinski definition) is 16. The van der Waals surface area contributed by atoms with Gasteiger partial charge in [-0.15, -0.1) is 0 Å². The summed E-state index contributed by atoms with van der Waals surface area (Å²) < 4.78 is 0. The van der Waals surface area contributed by atoms with Gasteiger partial charge in [0.25, 0.3) is 0 Å². The first kappa shape index (κ1) is 63.0. The fourth-order valence-electron chi connectivity index (χ4n) is 9.80. The maximum Gasteiger partial charge on any atom is 0.248 e. The number of aliphatic hydroxyl groups excluding tert-OH is 9. The van der Waals surface area contributed by atoms with E-state index in [9.17, 15) is 89.4 Å². The van der Waals surface area contributed by atoms with Gasteiger partial charge in [0.1, 0.15) is 66.4 Å². The Bertz CT molecular complexity index is 2140. The molecule has 17 atom stereocenters. The Morgan fingerprint density at radius 3 is 1.91 bits per heavy atom. The Balaban J connectivity index is 1.71. The molecule has 0 aromatic heterocycles. The number of benzene rings is 1. The largest absolute Gasteiger partial charge is 0.508 e. The van der Waals surface area contributed by atoms with Crippen molar-refractivity contribution in [1.29, 1.82) is 0 Å². The van der Waals surface area contributed by atoms with Crippen molar-refractivity contribution in [1.82, 2.24) is 36.4 Å². The number of phenolic OH excluding ortho intramolecular Hbond substituents is 1. The van der Waals surface area contributed by atoms with Crippen molar-refractivity contribution in [3.8, 4) is 5.75 Å². The summed E-state index contributed by atoms with van der Waals surface area (Å²) in [5, 5.41) is 121. The van der Waals surface area contributed by atoms with Gasteiger partial charge in [0.15, 0.2) is 6.23 Å². The standard InChI is InChI=1S/C50H80N8O18/c1-5-24(2)18-25(3)12-10-8-6-7-9-11-13-36(66)52-30-20-33(63)46(72)56-48(74)40-42(68)34(64)23-58(40)50(76)38(32(62)21-35(51)65)54-47(73)39(43(69)41(67)27-14-16-28(60)17-15-27)55-45(71)31-19-29(61)22-57(31)49(75)37(26(4)59)53-44(30)70/h14-17,24-26,29-34,37-43,46,59-64,67-69,72H,5-13,18-23H2,1-4H3,(H2,51,65)(H,52,66)(H,53,70)(H,54,73)(H,55,71)(H,56,74)/t24-,25-,26-,29-,30-,31-,32-,33+,34+,37-,38+,39-,40-,41+,42-,43-,46-/m0/s1. The SMILES string of the molecule is CC[C@H](C)C[C@@H](C)CCCCCCCCC(=O)N[C@H]1C[C@@H](O)[C@H](O)NC(=O)[C@@H]2[C@@H](O)[C@H](O)CN2C(=O)[C@@H]([C@@H](O)CC(N)=O)NC(=O)[C@H]([C@H](O)[C@H](O)c2ccc(O)cc2)NC(=O)[C@@H]2C[C@H](O)CN2C(=O)[C@H]([C@H](C)O)NC1=O. The molecule has 0 spiro atoms. The quantitative estimate of drug-likeness (QED) is 0.0549. The second-order valence-electron chi connectivity index (χ2n) is 20.7. The number of rotatable bonds is 20. The zero-order valence-electron chi connectivity index (χ0n) is 43.4. The molecular weight excluding hydrogens is 1000 g/mol. The average Bonchev–Trinajstić information content (AvgIpc) is 3.90. The molecular formula is C50H80N8O18. The van der Waals surface area contributed by atoms with Crippen LogP contribution in [0.5, 0.6) is 5.75 Å². The summed E-state index contributed by atoms with van der Waals surface area (Å²) in [5.74, 6) is -9.18. The first-order valence-electron chi connectivity index (χ1n) is 26.1. The van der Waals surface area contributed by atoms with E-state index in [0.717, 1.165) is 74.6 Å². The highest BCUT2D eigenvalue weighted by Gasteiger charge is 2.51. The molecule has 0 saturated carbocycles. The summed E-state index contributed by atoms with van der Waals surface area (Å²) in [6.45, 7) is 6.24. The number of carbonyl (C=O) groups excluding carboxylic acids is 8. The molecule has 0 bridgehead atoms. The Labute approximate surface area is 440 Å². The van der Waals surface area contributed by atoms with Gasteiger partial charge in [-0.2, -0.15) is 0 Å². The predicted octanol–water partition coefficient (Wildman–Crippen LogP) is -4.37. The average molecular weight is 1080 g/mol. The van der Waals surface area contributed by atoms with Gasteiger partial charge in [-0.05, 0) is 49.3 Å². The van der Waals surface area contributed by atoms with Crippen LogP contribution in [0.3, 0.4) is 0 Å². The molecule has 0 radical (unpaired) electrons. The van der Waals surface area contributed by atoms with E-state index in [4.69, 9.17) is 5.73 Å². The highest BCUT2D eigenvalue weighted by molar-refractivity contribution is 5.98. The van der Waals surface area contributed by atoms with Gasteiger partial charge in [-0.1, -0.05) is 77.8 Å². The molecule has 3 fully saturated rings. The number of hydrogen-bond acceptors (Lipinski definition) is 18. The maximum absolute atomic E-state index is 14.4. The second-order valence-corrected chi connectivity index (χ2v) is 20.7. The number of aromatic hydroxyl groups is 1. The fraction of sp³-hybridized carbons (Fsp3) is 0.720. The summed E-state index contributed by atoms with van der Waals surface area (Å²) in [6.07, 6.45) is -12.9. The van der Waals surface area contributed by atoms with E-state index in [1.54, 1.807) is 0 Å². The van der Waals surface area contributed by atoms with Crippen LogP contribution >= 0.6 is 0 Å². The van der Waals surface area contributed by atoms with Crippen molar-refractivity contribution < 1.29 is 89.4 Å². The molecule has 26 nitrogen and oxygen atoms in total. The number of fused-ring (bicyclic) bond motifs is 2. The monoisotopic (exact) mass is 1080 g/mol. The lowest BCUT2D eigenvalue weighted by Crippen LogP contribution is -2.64. The first-order chi connectivity index (χ1) is 35.7. The second kappa shape index (κ2) is 29.2. The molecule has 0 aliphatic carbocycles. The lowest BCUT2D eigenvalue weighted by molar-refractivity contribution is -0.149. The minimum Gasteiger partial charge on any atom is -0.508 e. The third-order valence-electron chi connectivity index (χ3n) is 14.4. The molecule has 26 heteroatoms. The normalized spacial score (nSPS) is 29.8. The van der Waals surface area contributed by atoms with E-state index in [2.05, 4.69) is 42.0 Å². The number of phenols is 1. The number of unbranched alkanes of at least 4 members (excludes halogenated alkanes) is 5. The Kier molecular flexibility index (Phi) is 24.2. The fourth-order valence-corrected chi connectivity index (χ4v) is 9.80. The van der Waals surface area contributed by atoms with Gasteiger partial charge >= 0.3 is 0 Å². The summed E-state index contributed by atoms with van der Waals surface area (Å²) in [7, 11) is 0. The molecule has 0 unspecified atom stereocenters. The van der Waals surface area contributed by atoms with E-state index >= 15 is 0 Å². The highest BCUT2D eigenvalue weighted by Crippen LogP contribution is 2.27. The third kappa shape index (κ3) is 17.5. The Hall–Kier alpha value is -5.58. The molecule has 3 saturated heterocycles. The molecule has 8 amide bonds. The summed E-state index contributed by atoms with van der Waals surface area (Å²) in [5.41, 5.74) is 5.16. The van der Waals surface area contributed by atoms with Crippen LogP contribution in [0.4, 0.5) is 0 Å². The van der Waals surface area contributed by atoms with Crippen LogP contribution in [0, 0.1) is 11.8 Å². The van der Waals surface area contributed by atoms with E-state index in [1.807, 2.05) is 5.32 Å². The van der Waals surface area contributed by atoms with Crippen LogP contribution < -0.4 is 32.3 Å². The minimum absolute atomic E-state index is 0.105. The van der Waals surface area contributed by atoms with Gasteiger partial charge in [-0.3, -0.25) is 38.4 Å². The van der Waals surface area contributed by atoms with Crippen LogP contribution in [0.1, 0.15) is 123 Å². The van der Waals surface area contributed by atoms with Crippen molar-refractivity contribution in [3.05, 3.63) is 29.8 Å². The molecule has 3 aliphatic rings. The first-order valence-corrected chi connectivity index (χ1v) is 26.1. The van der Waals surface area contributed by atoms with Crippen molar-refractivity contribution in [2.24, 2.45) is 17.6 Å². The molecule has 3 aliphatic heterocycles. The van der Waals surface area contributed by atoms with Crippen LogP contribution in [0.25, 0.3) is 0 Å². The minimum atomic E-state index is -2.41. The lowest BCUT2D eigenvalue weighted by atomic mass is 9.91. The highest BCUT2D eigenvalue weighted by atomic mass is 16.4. The van der Waals surface area contributed by atoms with Crippen molar-refractivity contribution in [2.45, 2.75) is 202 Å². The molecule has 428 valence electrons. The van der Waals surface area contributed by atoms with Gasteiger partial charge in [0.2, 0.25) is 47.3 Å². The number of aliphatic hydroxyl groups is 9. The van der Waals surface area contributed by atoms with Crippen LogP contribution in [0.2, 0.25) is 0 Å². The topological polar surface area (TPSA) is 432 Å². The molecule has 76 heavy (non-hydrogen) atoms. The van der Waals surface area contributed by atoms with E-state index < -0.39 is 171 Å². The molecule has 1 aromatic carbocycles. The van der Waals surface area contributed by atoms with E-state index in [0.29, 0.717) is 29.6 Å². The van der Waals surface area contributed by atoms with E-state index in [1.165, 1.54) is 6.42 Å². The number of carbonyl (C=O) groups is 8. The maximum atomic E-state index is 14.4. The van der Waals surface area contributed by atoms with Gasteiger partial charge in [0, 0.05) is 25.8 Å². The molecule has 4 rings (SSSR count). The Morgan fingerprint density at radius 2 is 1.29 bits per heavy atom. The summed E-state index contributed by atoms with van der Waals surface area (Å²) >= 11 is 0. The number of nitrogens with two attached hydrogens (primary N) is 1. The Morgan fingerprint density at radius 1 is 0.697 bits per heavy atom. The van der Waals surface area contributed by atoms with Gasteiger partial charge < -0.3 is 93.2 Å². The van der Waals surface area contributed by atoms with Gasteiger partial charge in [-0.25, -0.2) is 0 Å². The van der Waals surface area contributed by atoms with Crippen LogP contribution in [0.15, 0.2) is 24.3 Å². The zero-order valence-corrected chi connectivity index (χ0v) is 43.4. The predicted molar refractivity (Wildman–Crippen MR) is 267 cm³/mol. The van der Waals surface area contributed by atoms with E-state index in [-0.39, 0.29) is 17.7 Å². The number of amides is 8. The zero-order chi connectivity index (χ0) is 56.7. The number of nitrogens with one attached hydrogen (secondary N) is 5. The number of primary amides is 1. The van der Waals surface area contributed by atoms with Crippen molar-refractivity contribution in [2.75, 3.05) is 13.1 Å². The van der Waals surface area contributed by atoms with Crippen molar-refractivity contribution in [3.63, 3.8) is 0 Å². The molecule has 17 N–H and O–H groups in total. The van der Waals surface area contributed by atoms with Crippen LogP contribution in [-0.4, -0.2) is 206 Å². The summed E-state index contributed by atoms with van der Waals surface area (Å²) in [6, 6.07) is -8.01. The molecule has 3 heterocycles. The van der Waals surface area contributed by atoms with Crippen molar-refractivity contribution >= 4 is 47.3 Å². The third-order valence-corrected chi connectivity index (χ3v) is 14.4. The van der Waals surface area contributed by atoms with Crippen LogP contribution in [-0.2, 0) is 38.4 Å².